The summed E-state index contributed by atoms with van der Waals surface area (Å²) >= 11 is 0. The van der Waals surface area contributed by atoms with E-state index in [1.165, 1.54) is 0 Å². The minimum atomic E-state index is 0.0995. The lowest BCUT2D eigenvalue weighted by molar-refractivity contribution is -0.000153. The second kappa shape index (κ2) is 5.17. The van der Waals surface area contributed by atoms with Gasteiger partial charge in [-0.15, -0.1) is 0 Å². The van der Waals surface area contributed by atoms with Crippen LogP contribution in [-0.4, -0.2) is 6.61 Å². The Kier molecular flexibility index (Phi) is 4.17. The van der Waals surface area contributed by atoms with Crippen molar-refractivity contribution in [3.63, 3.8) is 0 Å². The van der Waals surface area contributed by atoms with Gasteiger partial charge in [0.25, 0.3) is 0 Å². The van der Waals surface area contributed by atoms with E-state index in [0.717, 1.165) is 11.5 Å². The molecule has 0 aromatic carbocycles. The van der Waals surface area contributed by atoms with E-state index in [1.807, 2.05) is 26.0 Å². The quantitative estimate of drug-likeness (QED) is 0.737. The van der Waals surface area contributed by atoms with E-state index in [1.54, 1.807) is 0 Å². The Morgan fingerprint density at radius 1 is 1.36 bits per heavy atom. The number of hydroxylamine groups is 1. The van der Waals surface area contributed by atoms with Crippen LogP contribution >= 0.6 is 0 Å². The zero-order valence-corrected chi connectivity index (χ0v) is 9.33. The van der Waals surface area contributed by atoms with Gasteiger partial charge >= 0.3 is 0 Å². The predicted molar refractivity (Wildman–Crippen MR) is 55.8 cm³/mol. The van der Waals surface area contributed by atoms with Crippen LogP contribution in [-0.2, 0) is 4.84 Å². The molecule has 0 radical (unpaired) electrons. The minimum absolute atomic E-state index is 0.0995. The Hall–Kier alpha value is -0.800. The summed E-state index contributed by atoms with van der Waals surface area (Å²) in [5, 5.41) is 0. The molecule has 3 heteroatoms. The first-order valence-electron chi connectivity index (χ1n) is 5.03. The number of furan rings is 1. The standard InChI is InChI=1S/C11H19NO2/c1-8(2)7-13-12-10(4)11-6-5-9(3)14-11/h5-6,8,10,12H,7H2,1-4H3. The molecule has 3 nitrogen and oxygen atoms in total. The fourth-order valence-electron chi connectivity index (χ4n) is 1.08. The zero-order chi connectivity index (χ0) is 10.6. The Morgan fingerprint density at radius 2 is 2.07 bits per heavy atom. The van der Waals surface area contributed by atoms with Crippen LogP contribution in [0, 0.1) is 12.8 Å². The fourth-order valence-corrected chi connectivity index (χ4v) is 1.08. The molecular weight excluding hydrogens is 178 g/mol. The van der Waals surface area contributed by atoms with Gasteiger partial charge < -0.3 is 9.25 Å². The van der Waals surface area contributed by atoms with Crippen molar-refractivity contribution in [2.75, 3.05) is 6.61 Å². The van der Waals surface area contributed by atoms with Gasteiger partial charge in [0, 0.05) is 0 Å². The van der Waals surface area contributed by atoms with E-state index in [9.17, 15) is 0 Å². The molecule has 1 aromatic rings. The second-order valence-electron chi connectivity index (χ2n) is 3.99. The lowest BCUT2D eigenvalue weighted by Gasteiger charge is -2.12. The van der Waals surface area contributed by atoms with Crippen molar-refractivity contribution in [1.29, 1.82) is 0 Å². The molecule has 0 aliphatic carbocycles. The number of aryl methyl sites for hydroxylation is 1. The molecule has 0 bridgehead atoms. The van der Waals surface area contributed by atoms with Gasteiger partial charge in [-0.2, -0.15) is 5.48 Å². The van der Waals surface area contributed by atoms with E-state index in [4.69, 9.17) is 9.25 Å². The van der Waals surface area contributed by atoms with Gasteiger partial charge in [0.05, 0.1) is 12.6 Å². The second-order valence-corrected chi connectivity index (χ2v) is 3.99. The molecule has 1 unspecified atom stereocenters. The molecule has 0 aliphatic rings. The highest BCUT2D eigenvalue weighted by Crippen LogP contribution is 2.15. The maximum Gasteiger partial charge on any atom is 0.123 e. The van der Waals surface area contributed by atoms with Gasteiger partial charge in [0.2, 0.25) is 0 Å². The number of hydrogen-bond donors (Lipinski definition) is 1. The van der Waals surface area contributed by atoms with Crippen molar-refractivity contribution >= 4 is 0 Å². The van der Waals surface area contributed by atoms with Crippen LogP contribution in [0.2, 0.25) is 0 Å². The van der Waals surface area contributed by atoms with Crippen molar-refractivity contribution in [2.45, 2.75) is 33.7 Å². The first-order valence-corrected chi connectivity index (χ1v) is 5.03. The maximum absolute atomic E-state index is 5.46. The first-order chi connectivity index (χ1) is 6.59. The highest BCUT2D eigenvalue weighted by molar-refractivity contribution is 5.08. The number of hydrogen-bond acceptors (Lipinski definition) is 3. The molecule has 0 amide bonds. The summed E-state index contributed by atoms with van der Waals surface area (Å²) in [5.41, 5.74) is 2.95. The summed E-state index contributed by atoms with van der Waals surface area (Å²) in [4.78, 5) is 5.31. The van der Waals surface area contributed by atoms with Crippen LogP contribution in [0.15, 0.2) is 16.5 Å². The fraction of sp³-hybridized carbons (Fsp3) is 0.636. The SMILES string of the molecule is Cc1ccc(C(C)NOCC(C)C)o1. The predicted octanol–water partition coefficient (Wildman–Crippen LogP) is 2.83. The van der Waals surface area contributed by atoms with Gasteiger partial charge in [0.1, 0.15) is 11.5 Å². The normalized spacial score (nSPS) is 13.5. The Labute approximate surface area is 85.4 Å². The first kappa shape index (κ1) is 11.3. The van der Waals surface area contributed by atoms with Crippen LogP contribution in [0.25, 0.3) is 0 Å². The van der Waals surface area contributed by atoms with E-state index in [-0.39, 0.29) is 6.04 Å². The molecule has 14 heavy (non-hydrogen) atoms. The highest BCUT2D eigenvalue weighted by atomic mass is 16.6. The van der Waals surface area contributed by atoms with E-state index in [0.29, 0.717) is 12.5 Å². The summed E-state index contributed by atoms with van der Waals surface area (Å²) in [6, 6.07) is 4.02. The molecule has 0 spiro atoms. The van der Waals surface area contributed by atoms with E-state index in [2.05, 4.69) is 19.3 Å². The third-order valence-electron chi connectivity index (χ3n) is 1.86. The minimum Gasteiger partial charge on any atom is -0.465 e. The molecule has 0 saturated carbocycles. The zero-order valence-electron chi connectivity index (χ0n) is 9.33. The van der Waals surface area contributed by atoms with E-state index < -0.39 is 0 Å². The van der Waals surface area contributed by atoms with Crippen molar-refractivity contribution in [3.05, 3.63) is 23.7 Å². The lowest BCUT2D eigenvalue weighted by atomic mass is 10.2. The summed E-state index contributed by atoms with van der Waals surface area (Å²) < 4.78 is 5.46. The summed E-state index contributed by atoms with van der Waals surface area (Å²) in [6.07, 6.45) is 0. The molecular formula is C11H19NO2. The highest BCUT2D eigenvalue weighted by Gasteiger charge is 2.08. The third kappa shape index (κ3) is 3.52. The van der Waals surface area contributed by atoms with E-state index >= 15 is 0 Å². The molecule has 1 N–H and O–H groups in total. The van der Waals surface area contributed by atoms with Crippen molar-refractivity contribution < 1.29 is 9.25 Å². The molecule has 0 aliphatic heterocycles. The number of rotatable bonds is 5. The van der Waals surface area contributed by atoms with Gasteiger partial charge in [-0.05, 0) is 31.9 Å². The molecule has 1 rings (SSSR count). The summed E-state index contributed by atoms with van der Waals surface area (Å²) in [6.45, 7) is 8.89. The molecule has 80 valence electrons. The Balaban J connectivity index is 2.32. The van der Waals surface area contributed by atoms with Crippen LogP contribution in [0.5, 0.6) is 0 Å². The lowest BCUT2D eigenvalue weighted by Crippen LogP contribution is -2.21. The smallest absolute Gasteiger partial charge is 0.123 e. The average Bonchev–Trinajstić information content (AvgIpc) is 2.51. The van der Waals surface area contributed by atoms with Crippen molar-refractivity contribution in [2.24, 2.45) is 5.92 Å². The van der Waals surface area contributed by atoms with Gasteiger partial charge in [0.15, 0.2) is 0 Å². The Morgan fingerprint density at radius 3 is 2.57 bits per heavy atom. The summed E-state index contributed by atoms with van der Waals surface area (Å²) in [5.74, 6) is 2.37. The maximum atomic E-state index is 5.46. The monoisotopic (exact) mass is 197 g/mol. The molecule has 1 atom stereocenters. The van der Waals surface area contributed by atoms with Crippen LogP contribution in [0.1, 0.15) is 38.3 Å². The van der Waals surface area contributed by atoms with Gasteiger partial charge in [-0.25, -0.2) is 0 Å². The molecule has 1 heterocycles. The molecule has 0 fully saturated rings. The van der Waals surface area contributed by atoms with Gasteiger partial charge in [-0.1, -0.05) is 13.8 Å². The summed E-state index contributed by atoms with van der Waals surface area (Å²) in [7, 11) is 0. The molecule has 1 aromatic heterocycles. The molecule has 0 saturated heterocycles. The van der Waals surface area contributed by atoms with Crippen LogP contribution < -0.4 is 5.48 Å². The number of nitrogens with one attached hydrogen (secondary N) is 1. The van der Waals surface area contributed by atoms with Crippen LogP contribution in [0.3, 0.4) is 0 Å². The van der Waals surface area contributed by atoms with Crippen molar-refractivity contribution in [3.8, 4) is 0 Å². The average molecular weight is 197 g/mol. The topological polar surface area (TPSA) is 34.4 Å². The van der Waals surface area contributed by atoms with Crippen LogP contribution in [0.4, 0.5) is 0 Å². The van der Waals surface area contributed by atoms with Gasteiger partial charge in [-0.3, -0.25) is 0 Å². The third-order valence-corrected chi connectivity index (χ3v) is 1.86. The Bertz CT molecular complexity index is 268. The largest absolute Gasteiger partial charge is 0.465 e. The van der Waals surface area contributed by atoms with Crippen molar-refractivity contribution in [1.82, 2.24) is 5.48 Å².